The van der Waals surface area contributed by atoms with Gasteiger partial charge in [-0.3, -0.25) is 33.3 Å². The number of aliphatic hydroxyl groups is 5. The van der Waals surface area contributed by atoms with E-state index in [1.807, 2.05) is 0 Å². The Hall–Kier alpha value is -3.65. The van der Waals surface area contributed by atoms with Crippen molar-refractivity contribution in [2.45, 2.75) is 551 Å². The number of amides is 2. The quantitative estimate of drug-likeness (QED) is 0.00898. The van der Waals surface area contributed by atoms with Gasteiger partial charge in [0, 0.05) is 12.8 Å². The molecule has 8 unspecified atom stereocenters. The third kappa shape index (κ3) is 60.7. The fraction of sp³-hybridized carbons (Fsp3) is 0.917. The van der Waals surface area contributed by atoms with Crippen LogP contribution >= 0.6 is 7.82 Å². The van der Waals surface area contributed by atoms with E-state index in [1.54, 1.807) is 0 Å². The van der Waals surface area contributed by atoms with Crippen LogP contribution in [0.15, 0.2) is 12.2 Å². The SMILES string of the molecule is CCCCCC/C=C\CCCCCCCC(=O)OC(CCCCCCCCCCC)CC(=O)NC1[C@H](OCC2O[C@@H](OP(=O)(O)O)C(NC(=O)CC(O)CCCCCCCCCCC)[C@@H](OC(=O)CC(O)CCCCCCCCCCC)[C@@H]2O)OC(CO)[C@@H](O)[C@@H]1OC(=O)CC(CCCCCCCCCCC)OC(=O)CCCCCCCCCCC. The third-order valence-electron chi connectivity index (χ3n) is 23.8. The van der Waals surface area contributed by atoms with Gasteiger partial charge in [0.25, 0.3) is 0 Å². The Bertz CT molecular complexity index is 2600. The largest absolute Gasteiger partial charge is 0.472 e. The van der Waals surface area contributed by atoms with Crippen molar-refractivity contribution >= 4 is 43.5 Å². The van der Waals surface area contributed by atoms with E-state index in [-0.39, 0.29) is 25.7 Å². The molecule has 0 spiro atoms. The molecule has 14 atom stereocenters. The van der Waals surface area contributed by atoms with E-state index in [9.17, 15) is 63.9 Å². The molecule has 2 saturated heterocycles. The Morgan fingerprint density at radius 2 is 0.661 bits per heavy atom. The molecule has 9 N–H and O–H groups in total. The molecule has 0 aromatic rings. The lowest BCUT2D eigenvalue weighted by Crippen LogP contribution is -2.67. The van der Waals surface area contributed by atoms with Crippen molar-refractivity contribution in [3.8, 4) is 0 Å². The first kappa shape index (κ1) is 113. The van der Waals surface area contributed by atoms with Crippen LogP contribution in [0, 0.1) is 0 Å². The summed E-state index contributed by atoms with van der Waals surface area (Å²) in [6.07, 6.45) is 42.2. The molecule has 24 nitrogen and oxygen atoms in total. The molecule has 2 amide bonds. The average Bonchev–Trinajstić information content (AvgIpc) is 0.785. The number of nitrogens with one attached hydrogen (secondary N) is 2. The Morgan fingerprint density at radius 3 is 1.04 bits per heavy atom. The molecule has 0 saturated carbocycles. The monoisotopic (exact) mass is 1740 g/mol. The molecular formula is C96H179N2O22P. The highest BCUT2D eigenvalue weighted by molar-refractivity contribution is 7.46. The molecule has 0 bridgehead atoms. The van der Waals surface area contributed by atoms with Crippen LogP contribution in [0.3, 0.4) is 0 Å². The van der Waals surface area contributed by atoms with Gasteiger partial charge >= 0.3 is 31.7 Å². The van der Waals surface area contributed by atoms with Crippen LogP contribution in [0.2, 0.25) is 0 Å². The van der Waals surface area contributed by atoms with E-state index in [0.29, 0.717) is 51.4 Å². The molecule has 710 valence electrons. The Labute approximate surface area is 733 Å². The van der Waals surface area contributed by atoms with E-state index in [1.165, 1.54) is 103 Å². The molecule has 121 heavy (non-hydrogen) atoms. The molecule has 2 aliphatic rings. The van der Waals surface area contributed by atoms with Gasteiger partial charge in [-0.05, 0) is 77.0 Å². The summed E-state index contributed by atoms with van der Waals surface area (Å²) in [6, 6.07) is -3.56. The van der Waals surface area contributed by atoms with Gasteiger partial charge in [0.05, 0.1) is 51.1 Å². The summed E-state index contributed by atoms with van der Waals surface area (Å²) >= 11 is 0. The van der Waals surface area contributed by atoms with Crippen molar-refractivity contribution in [3.05, 3.63) is 12.2 Å². The molecule has 0 aliphatic carbocycles. The first-order chi connectivity index (χ1) is 58.6. The van der Waals surface area contributed by atoms with Crippen LogP contribution in [0.5, 0.6) is 0 Å². The van der Waals surface area contributed by atoms with Crippen molar-refractivity contribution in [1.29, 1.82) is 0 Å². The Kier molecular flexibility index (Phi) is 71.6. The summed E-state index contributed by atoms with van der Waals surface area (Å²) in [5, 5.41) is 63.6. The van der Waals surface area contributed by atoms with Gasteiger partial charge in [0.1, 0.15) is 48.7 Å². The van der Waals surface area contributed by atoms with Crippen molar-refractivity contribution < 1.29 is 106 Å². The average molecular weight is 1740 g/mol. The van der Waals surface area contributed by atoms with Gasteiger partial charge < -0.3 is 79.1 Å². The van der Waals surface area contributed by atoms with Crippen LogP contribution in [0.4, 0.5) is 0 Å². The minimum atomic E-state index is -5.62. The van der Waals surface area contributed by atoms with Gasteiger partial charge in [-0.25, -0.2) is 4.57 Å². The van der Waals surface area contributed by atoms with Gasteiger partial charge in [-0.2, -0.15) is 0 Å². The summed E-state index contributed by atoms with van der Waals surface area (Å²) in [5.74, 6) is -4.54. The molecule has 0 radical (unpaired) electrons. The number of unbranched alkanes of at least 4 members (excludes halogenated alkanes) is 49. The van der Waals surface area contributed by atoms with Gasteiger partial charge in [-0.15, -0.1) is 0 Å². The van der Waals surface area contributed by atoms with E-state index in [0.717, 1.165) is 218 Å². The number of rotatable bonds is 83. The zero-order valence-corrected chi connectivity index (χ0v) is 77.9. The van der Waals surface area contributed by atoms with Gasteiger partial charge in [0.15, 0.2) is 24.8 Å². The normalized spacial score (nSPS) is 20.4. The Balaban J connectivity index is 2.72. The van der Waals surface area contributed by atoms with Gasteiger partial charge in [0.2, 0.25) is 11.8 Å². The number of esters is 4. The lowest BCUT2D eigenvalue weighted by atomic mass is 9.95. The fourth-order valence-corrected chi connectivity index (χ4v) is 16.8. The zero-order valence-electron chi connectivity index (χ0n) is 77.0. The van der Waals surface area contributed by atoms with Crippen LogP contribution < -0.4 is 10.6 Å². The summed E-state index contributed by atoms with van der Waals surface area (Å²) in [4.78, 5) is 107. The number of phosphoric acid groups is 1. The first-order valence-electron chi connectivity index (χ1n) is 49.6. The maximum atomic E-state index is 15.0. The molecule has 0 aromatic heterocycles. The number of carbonyl (C=O) groups excluding carboxylic acids is 6. The van der Waals surface area contributed by atoms with Crippen molar-refractivity contribution in [2.24, 2.45) is 0 Å². The molecule has 2 rings (SSSR count). The number of allylic oxidation sites excluding steroid dienone is 2. The highest BCUT2D eigenvalue weighted by Gasteiger charge is 2.53. The predicted molar refractivity (Wildman–Crippen MR) is 479 cm³/mol. The third-order valence-corrected chi connectivity index (χ3v) is 24.3. The second kappa shape index (κ2) is 76.4. The van der Waals surface area contributed by atoms with Crippen LogP contribution in [0.25, 0.3) is 0 Å². The lowest BCUT2D eigenvalue weighted by Gasteiger charge is -2.46. The second-order valence-electron chi connectivity index (χ2n) is 35.3. The number of aliphatic hydroxyl groups excluding tert-OH is 5. The standard InChI is InChI=1S/C96H179N2O22P/c1-7-13-19-25-31-37-38-39-40-46-52-58-63-69-85(104)114-79(67-61-55-49-43-34-28-22-16-10-4)73-84(103)98-89-93(119-88(107)74-80(68-62-56-50-44-35-29-23-17-11-5)115-86(105)70-64-57-51-45-36-30-24-18-12-6)91(108)81(75-99)116-95(89)113-76-82-92(109)94(118-87(106)72-78(101)66-60-54-48-42-33-27-21-15-9-3)90(96(117-82)120-121(110,111)112)97-83(102)71-77(100)65-59-53-47-41-32-26-20-14-8-2/h37-38,77-82,89-96,99-101,108-109H,7-36,39-76H2,1-6H3,(H,97,102)(H,98,103)(H2,110,111,112)/b38-37-/t77?,78?,79?,80?,81?,82?,89?,90?,91-,92-,93-,94-,95-,96+/m1/s1. The lowest BCUT2D eigenvalue weighted by molar-refractivity contribution is -0.298. The summed E-state index contributed by atoms with van der Waals surface area (Å²) < 4.78 is 61.5. The first-order valence-corrected chi connectivity index (χ1v) is 51.2. The topological polar surface area (TPSA) is 359 Å². The van der Waals surface area contributed by atoms with Crippen molar-refractivity contribution in [2.75, 3.05) is 13.2 Å². The van der Waals surface area contributed by atoms with E-state index in [4.69, 9.17) is 37.7 Å². The molecule has 0 aromatic carbocycles. The number of phosphoric ester groups is 1. The number of hydrogen-bond acceptors (Lipinski definition) is 20. The number of ether oxygens (including phenoxy) is 7. The van der Waals surface area contributed by atoms with Crippen LogP contribution in [-0.2, 0) is 71.0 Å². The molecule has 2 fully saturated rings. The van der Waals surface area contributed by atoms with Crippen LogP contribution in [-0.4, -0.2) is 170 Å². The summed E-state index contributed by atoms with van der Waals surface area (Å²) in [6.45, 7) is 11.3. The molecular weight excluding hydrogens is 1560 g/mol. The highest BCUT2D eigenvalue weighted by atomic mass is 31.2. The molecule has 2 aliphatic heterocycles. The summed E-state index contributed by atoms with van der Waals surface area (Å²) in [5.41, 5.74) is 0. The highest BCUT2D eigenvalue weighted by Crippen LogP contribution is 2.42. The van der Waals surface area contributed by atoms with Crippen molar-refractivity contribution in [3.63, 3.8) is 0 Å². The number of hydrogen-bond donors (Lipinski definition) is 9. The minimum absolute atomic E-state index is 0.133. The fourth-order valence-electron chi connectivity index (χ4n) is 16.4. The van der Waals surface area contributed by atoms with E-state index < -0.39 is 168 Å². The molecule has 2 heterocycles. The van der Waals surface area contributed by atoms with E-state index >= 15 is 4.79 Å². The number of carbonyl (C=O) groups is 6. The second-order valence-corrected chi connectivity index (χ2v) is 36.5. The van der Waals surface area contributed by atoms with Crippen molar-refractivity contribution in [1.82, 2.24) is 10.6 Å². The molecule has 25 heteroatoms. The van der Waals surface area contributed by atoms with Gasteiger partial charge in [-0.1, -0.05) is 362 Å². The maximum Gasteiger partial charge on any atom is 0.472 e. The van der Waals surface area contributed by atoms with Crippen LogP contribution in [0.1, 0.15) is 465 Å². The summed E-state index contributed by atoms with van der Waals surface area (Å²) in [7, 11) is -5.62. The Morgan fingerprint density at radius 1 is 0.364 bits per heavy atom. The smallest absolute Gasteiger partial charge is 0.462 e. The zero-order chi connectivity index (χ0) is 88.6. The minimum Gasteiger partial charge on any atom is -0.462 e. The van der Waals surface area contributed by atoms with E-state index in [2.05, 4.69) is 64.3 Å². The maximum absolute atomic E-state index is 15.0. The predicted octanol–water partition coefficient (Wildman–Crippen LogP) is 21.0.